The number of methoxy groups -OCH3 is 1. The van der Waals surface area contributed by atoms with Gasteiger partial charge in [-0.3, -0.25) is 0 Å². The molecule has 1 aliphatic rings. The molecule has 0 radical (unpaired) electrons. The van der Waals surface area contributed by atoms with E-state index in [9.17, 15) is 0 Å². The summed E-state index contributed by atoms with van der Waals surface area (Å²) in [5.74, 6) is 1.52. The smallest absolute Gasteiger partial charge is 0.213 e. The lowest BCUT2D eigenvalue weighted by Gasteiger charge is -2.41. The minimum atomic E-state index is 0. The fourth-order valence-corrected chi connectivity index (χ4v) is 2.78. The van der Waals surface area contributed by atoms with Crippen LogP contribution in [0.2, 0.25) is 0 Å². The zero-order chi connectivity index (χ0) is 15.8. The molecule has 6 heteroatoms. The van der Waals surface area contributed by atoms with E-state index in [4.69, 9.17) is 4.74 Å². The van der Waals surface area contributed by atoms with Crippen LogP contribution < -0.4 is 15.4 Å². The Labute approximate surface area is 156 Å². The van der Waals surface area contributed by atoms with Crippen molar-refractivity contribution in [1.29, 1.82) is 0 Å². The molecule has 0 unspecified atom stereocenters. The quantitative estimate of drug-likeness (QED) is 0.394. The molecule has 23 heavy (non-hydrogen) atoms. The van der Waals surface area contributed by atoms with E-state index in [0.29, 0.717) is 17.8 Å². The molecular weight excluding hydrogens is 403 g/mol. The molecule has 0 spiro atoms. The molecule has 0 bridgehead atoms. The number of ether oxygens (including phenoxy) is 1. The summed E-state index contributed by atoms with van der Waals surface area (Å²) < 4.78 is 5.15. The van der Waals surface area contributed by atoms with E-state index in [1.165, 1.54) is 25.7 Å². The molecule has 1 fully saturated rings. The van der Waals surface area contributed by atoms with Crippen molar-refractivity contribution < 1.29 is 4.74 Å². The van der Waals surface area contributed by atoms with Crippen LogP contribution in [0.25, 0.3) is 0 Å². The number of nitrogens with one attached hydrogen (secondary N) is 2. The summed E-state index contributed by atoms with van der Waals surface area (Å²) in [6, 6.07) is 3.89. The van der Waals surface area contributed by atoms with Gasteiger partial charge >= 0.3 is 0 Å². The molecule has 0 amide bonds. The third-order valence-corrected chi connectivity index (χ3v) is 4.57. The molecule has 2 rings (SSSR count). The van der Waals surface area contributed by atoms with Crippen molar-refractivity contribution in [2.24, 2.45) is 10.4 Å². The molecule has 5 nitrogen and oxygen atoms in total. The van der Waals surface area contributed by atoms with Gasteiger partial charge in [-0.05, 0) is 43.2 Å². The number of hydrogen-bond donors (Lipinski definition) is 2. The van der Waals surface area contributed by atoms with Crippen LogP contribution in [0.1, 0.15) is 45.1 Å². The highest BCUT2D eigenvalue weighted by Crippen LogP contribution is 2.42. The Bertz CT molecular complexity index is 498. The molecule has 1 aromatic heterocycles. The minimum Gasteiger partial charge on any atom is -0.481 e. The number of hydrogen-bond acceptors (Lipinski definition) is 3. The van der Waals surface area contributed by atoms with Gasteiger partial charge < -0.3 is 15.4 Å². The first-order valence-corrected chi connectivity index (χ1v) is 8.22. The van der Waals surface area contributed by atoms with Crippen molar-refractivity contribution in [2.75, 3.05) is 20.2 Å². The summed E-state index contributed by atoms with van der Waals surface area (Å²) in [5, 5.41) is 6.82. The second-order valence-corrected chi connectivity index (χ2v) is 5.96. The maximum absolute atomic E-state index is 5.15. The van der Waals surface area contributed by atoms with Crippen molar-refractivity contribution >= 4 is 29.9 Å². The monoisotopic (exact) mass is 432 g/mol. The van der Waals surface area contributed by atoms with Gasteiger partial charge in [0.1, 0.15) is 0 Å². The van der Waals surface area contributed by atoms with E-state index in [0.717, 1.165) is 24.6 Å². The van der Waals surface area contributed by atoms with Gasteiger partial charge in [0.05, 0.1) is 13.7 Å². The number of guanidine groups is 1. The fraction of sp³-hybridized carbons (Fsp3) is 0.647. The SMILES string of the molecule is CCNC(=NCc1ccnc(OC)c1)NCC1(CC)CCC1.I. The lowest BCUT2D eigenvalue weighted by Crippen LogP contribution is -2.46. The zero-order valence-electron chi connectivity index (χ0n) is 14.4. The first kappa shape index (κ1) is 20.0. The van der Waals surface area contributed by atoms with Crippen LogP contribution in [0.4, 0.5) is 0 Å². The second-order valence-electron chi connectivity index (χ2n) is 5.96. The second kappa shape index (κ2) is 9.95. The molecule has 1 aliphatic carbocycles. The maximum Gasteiger partial charge on any atom is 0.213 e. The summed E-state index contributed by atoms with van der Waals surface area (Å²) >= 11 is 0. The van der Waals surface area contributed by atoms with Gasteiger partial charge in [-0.25, -0.2) is 9.98 Å². The summed E-state index contributed by atoms with van der Waals surface area (Å²) in [6.45, 7) is 6.87. The lowest BCUT2D eigenvalue weighted by molar-refractivity contribution is 0.131. The van der Waals surface area contributed by atoms with Crippen LogP contribution >= 0.6 is 24.0 Å². The Morgan fingerprint density at radius 3 is 2.70 bits per heavy atom. The Morgan fingerprint density at radius 1 is 1.35 bits per heavy atom. The van der Waals surface area contributed by atoms with Gasteiger partial charge in [-0.1, -0.05) is 13.3 Å². The number of nitrogens with zero attached hydrogens (tertiary/aromatic N) is 2. The standard InChI is InChI=1S/C17H28N4O.HI/c1-4-17(8-6-9-17)13-21-16(18-5-2)20-12-14-7-10-19-15(11-14)22-3;/h7,10-11H,4-6,8-9,12-13H2,1-3H3,(H2,18,20,21);1H. The fourth-order valence-electron chi connectivity index (χ4n) is 2.78. The average molecular weight is 432 g/mol. The summed E-state index contributed by atoms with van der Waals surface area (Å²) in [4.78, 5) is 8.78. The van der Waals surface area contributed by atoms with E-state index < -0.39 is 0 Å². The molecule has 0 atom stereocenters. The summed E-state index contributed by atoms with van der Waals surface area (Å²) in [5.41, 5.74) is 1.58. The van der Waals surface area contributed by atoms with E-state index in [1.54, 1.807) is 13.3 Å². The predicted molar refractivity (Wildman–Crippen MR) is 106 cm³/mol. The van der Waals surface area contributed by atoms with Gasteiger partial charge in [0.25, 0.3) is 0 Å². The predicted octanol–water partition coefficient (Wildman–Crippen LogP) is 3.34. The van der Waals surface area contributed by atoms with Crippen molar-refractivity contribution in [2.45, 2.75) is 46.1 Å². The summed E-state index contributed by atoms with van der Waals surface area (Å²) in [6.07, 6.45) is 7.01. The van der Waals surface area contributed by atoms with Crippen LogP contribution in [-0.2, 0) is 6.54 Å². The molecule has 1 saturated carbocycles. The Kier molecular flexibility index (Phi) is 8.65. The maximum atomic E-state index is 5.15. The third kappa shape index (κ3) is 5.82. The topological polar surface area (TPSA) is 58.5 Å². The first-order chi connectivity index (χ1) is 10.7. The molecular formula is C17H29IN4O. The molecule has 1 aromatic rings. The number of rotatable bonds is 7. The third-order valence-electron chi connectivity index (χ3n) is 4.57. The average Bonchev–Trinajstić information content (AvgIpc) is 2.52. The van der Waals surface area contributed by atoms with Crippen molar-refractivity contribution in [3.63, 3.8) is 0 Å². The van der Waals surface area contributed by atoms with E-state index >= 15 is 0 Å². The molecule has 0 saturated heterocycles. The molecule has 1 heterocycles. The van der Waals surface area contributed by atoms with E-state index in [-0.39, 0.29) is 24.0 Å². The number of aliphatic imine (C=N–C) groups is 1. The zero-order valence-corrected chi connectivity index (χ0v) is 16.7. The van der Waals surface area contributed by atoms with Gasteiger partial charge in [-0.2, -0.15) is 0 Å². The minimum absolute atomic E-state index is 0. The van der Waals surface area contributed by atoms with Crippen molar-refractivity contribution in [1.82, 2.24) is 15.6 Å². The van der Waals surface area contributed by atoms with Gasteiger partial charge in [-0.15, -0.1) is 24.0 Å². The number of aromatic nitrogens is 1. The van der Waals surface area contributed by atoms with Gasteiger partial charge in [0.2, 0.25) is 5.88 Å². The van der Waals surface area contributed by atoms with E-state index in [2.05, 4.69) is 34.5 Å². The largest absolute Gasteiger partial charge is 0.481 e. The normalized spacial score (nSPS) is 16.0. The van der Waals surface area contributed by atoms with Crippen LogP contribution in [-0.4, -0.2) is 31.1 Å². The Hall–Kier alpha value is -1.05. The molecule has 0 aliphatic heterocycles. The molecule has 0 aromatic carbocycles. The highest BCUT2D eigenvalue weighted by molar-refractivity contribution is 14.0. The Balaban J connectivity index is 0.00000264. The van der Waals surface area contributed by atoms with Crippen molar-refractivity contribution in [3.8, 4) is 5.88 Å². The van der Waals surface area contributed by atoms with Crippen LogP contribution in [0, 0.1) is 5.41 Å². The first-order valence-electron chi connectivity index (χ1n) is 8.22. The van der Waals surface area contributed by atoms with Crippen LogP contribution in [0.3, 0.4) is 0 Å². The number of halogens is 1. The van der Waals surface area contributed by atoms with E-state index in [1.807, 2.05) is 12.1 Å². The van der Waals surface area contributed by atoms with Crippen LogP contribution in [0.15, 0.2) is 23.3 Å². The van der Waals surface area contributed by atoms with Gasteiger partial charge in [0.15, 0.2) is 5.96 Å². The molecule has 130 valence electrons. The molecule has 2 N–H and O–H groups in total. The Morgan fingerprint density at radius 2 is 2.13 bits per heavy atom. The highest BCUT2D eigenvalue weighted by atomic mass is 127. The summed E-state index contributed by atoms with van der Waals surface area (Å²) in [7, 11) is 1.63. The van der Waals surface area contributed by atoms with Crippen molar-refractivity contribution in [3.05, 3.63) is 23.9 Å². The van der Waals surface area contributed by atoms with Gasteiger partial charge in [0, 0.05) is 25.4 Å². The number of pyridine rings is 1. The van der Waals surface area contributed by atoms with Crippen LogP contribution in [0.5, 0.6) is 5.88 Å². The highest BCUT2D eigenvalue weighted by Gasteiger charge is 2.34. The lowest BCUT2D eigenvalue weighted by atomic mass is 9.67.